The monoisotopic (exact) mass is 305 g/mol. The largest absolute Gasteiger partial charge is 0.264 e. The van der Waals surface area contributed by atoms with Crippen LogP contribution in [0.4, 0.5) is 17.6 Å². The summed E-state index contributed by atoms with van der Waals surface area (Å²) in [7, 11) is 0. The van der Waals surface area contributed by atoms with Crippen LogP contribution in [0, 0.1) is 23.3 Å². The van der Waals surface area contributed by atoms with Gasteiger partial charge < -0.3 is 0 Å². The second-order valence-electron chi connectivity index (χ2n) is 3.19. The topological polar surface area (TPSA) is 12.9 Å². The minimum atomic E-state index is -1.72. The second-order valence-corrected chi connectivity index (χ2v) is 3.98. The van der Waals surface area contributed by atoms with E-state index in [1.807, 2.05) is 0 Å². The van der Waals surface area contributed by atoms with Gasteiger partial charge in [-0.3, -0.25) is 4.98 Å². The summed E-state index contributed by atoms with van der Waals surface area (Å²) in [5.74, 6) is -6.09. The minimum Gasteiger partial charge on any atom is -0.264 e. The smallest absolute Gasteiger partial charge is 0.196 e. The Hall–Kier alpha value is -1.43. The number of nitrogens with zero attached hydrogens (tertiary/aromatic N) is 1. The molecule has 2 aromatic rings. The quantitative estimate of drug-likeness (QED) is 0.440. The number of hydrogen-bond acceptors (Lipinski definition) is 1. The van der Waals surface area contributed by atoms with E-state index in [1.165, 1.54) is 18.3 Å². The van der Waals surface area contributed by atoms with E-state index < -0.39 is 33.3 Å². The summed E-state index contributed by atoms with van der Waals surface area (Å²) in [5, 5.41) is 0. The Morgan fingerprint density at radius 1 is 0.941 bits per heavy atom. The van der Waals surface area contributed by atoms with E-state index in [9.17, 15) is 17.6 Å². The van der Waals surface area contributed by atoms with E-state index in [4.69, 9.17) is 0 Å². The fourth-order valence-corrected chi connectivity index (χ4v) is 1.74. The van der Waals surface area contributed by atoms with E-state index in [0.717, 1.165) is 6.20 Å². The molecule has 6 heteroatoms. The number of pyridine rings is 1. The Balaban J connectivity index is 2.80. The highest BCUT2D eigenvalue weighted by Crippen LogP contribution is 2.34. The molecule has 0 saturated heterocycles. The SMILES string of the molecule is Fc1c(F)c(Br)c(F)c(-c2cccnc2)c1F. The van der Waals surface area contributed by atoms with Crippen molar-refractivity contribution in [3.8, 4) is 11.1 Å². The average Bonchev–Trinajstić information content (AvgIpc) is 2.36. The maximum absolute atomic E-state index is 13.7. The highest BCUT2D eigenvalue weighted by Gasteiger charge is 2.24. The van der Waals surface area contributed by atoms with Crippen molar-refractivity contribution in [2.24, 2.45) is 0 Å². The molecule has 0 aliphatic carbocycles. The zero-order valence-electron chi connectivity index (χ0n) is 8.15. The van der Waals surface area contributed by atoms with Crippen molar-refractivity contribution < 1.29 is 17.6 Å². The van der Waals surface area contributed by atoms with E-state index in [0.29, 0.717) is 0 Å². The van der Waals surface area contributed by atoms with Crippen LogP contribution in [0.1, 0.15) is 0 Å². The molecule has 0 bridgehead atoms. The van der Waals surface area contributed by atoms with Gasteiger partial charge in [-0.1, -0.05) is 6.07 Å². The Labute approximate surface area is 102 Å². The maximum atomic E-state index is 13.7. The Morgan fingerprint density at radius 3 is 2.24 bits per heavy atom. The van der Waals surface area contributed by atoms with Gasteiger partial charge in [-0.2, -0.15) is 0 Å². The Bertz CT molecular complexity index is 542. The van der Waals surface area contributed by atoms with Crippen LogP contribution in [0.5, 0.6) is 0 Å². The van der Waals surface area contributed by atoms with Crippen LogP contribution in [0.3, 0.4) is 0 Å². The third-order valence-electron chi connectivity index (χ3n) is 2.16. The molecular weight excluding hydrogens is 302 g/mol. The first-order chi connectivity index (χ1) is 8.04. The van der Waals surface area contributed by atoms with Crippen LogP contribution < -0.4 is 0 Å². The molecule has 0 atom stereocenters. The molecule has 1 nitrogen and oxygen atoms in total. The lowest BCUT2D eigenvalue weighted by atomic mass is 10.1. The van der Waals surface area contributed by atoms with Crippen molar-refractivity contribution in [3.05, 3.63) is 52.3 Å². The van der Waals surface area contributed by atoms with Gasteiger partial charge in [0.2, 0.25) is 0 Å². The van der Waals surface area contributed by atoms with Crippen LogP contribution >= 0.6 is 15.9 Å². The van der Waals surface area contributed by atoms with Gasteiger partial charge >= 0.3 is 0 Å². The van der Waals surface area contributed by atoms with Crippen LogP contribution in [-0.2, 0) is 0 Å². The zero-order valence-corrected chi connectivity index (χ0v) is 9.73. The molecule has 0 spiro atoms. The molecule has 88 valence electrons. The lowest BCUT2D eigenvalue weighted by molar-refractivity contribution is 0.432. The lowest BCUT2D eigenvalue weighted by Gasteiger charge is -2.08. The molecule has 0 saturated carbocycles. The molecule has 0 fully saturated rings. The van der Waals surface area contributed by atoms with Crippen LogP contribution in [0.25, 0.3) is 11.1 Å². The number of halogens is 5. The number of benzene rings is 1. The summed E-state index contributed by atoms with van der Waals surface area (Å²) in [4.78, 5) is 3.66. The molecule has 1 heterocycles. The van der Waals surface area contributed by atoms with Gasteiger partial charge in [0.25, 0.3) is 0 Å². The van der Waals surface area contributed by atoms with Crippen LogP contribution in [0.15, 0.2) is 29.0 Å². The summed E-state index contributed by atoms with van der Waals surface area (Å²) < 4.78 is 52.6. The van der Waals surface area contributed by atoms with Crippen molar-refractivity contribution in [1.82, 2.24) is 4.98 Å². The summed E-state index contributed by atoms with van der Waals surface area (Å²) >= 11 is 2.54. The average molecular weight is 306 g/mol. The van der Waals surface area contributed by atoms with E-state index in [-0.39, 0.29) is 5.56 Å². The predicted octanol–water partition coefficient (Wildman–Crippen LogP) is 4.07. The fraction of sp³-hybridized carbons (Fsp3) is 0. The summed E-state index contributed by atoms with van der Waals surface area (Å²) in [6.07, 6.45) is 2.56. The first kappa shape index (κ1) is 12.0. The van der Waals surface area contributed by atoms with Crippen molar-refractivity contribution in [2.75, 3.05) is 0 Å². The second kappa shape index (κ2) is 4.44. The standard InChI is InChI=1S/C11H4BrF4N/c12-7-8(13)6(5-2-1-3-17-4-5)9(14)11(16)10(7)15/h1-4H. The molecule has 0 amide bonds. The number of rotatable bonds is 1. The van der Waals surface area contributed by atoms with Gasteiger partial charge in [-0.05, 0) is 22.0 Å². The van der Waals surface area contributed by atoms with Gasteiger partial charge in [0, 0.05) is 18.0 Å². The molecule has 2 rings (SSSR count). The lowest BCUT2D eigenvalue weighted by Crippen LogP contribution is -2.01. The maximum Gasteiger partial charge on any atom is 0.196 e. The highest BCUT2D eigenvalue weighted by atomic mass is 79.9. The third-order valence-corrected chi connectivity index (χ3v) is 2.86. The molecule has 0 N–H and O–H groups in total. The number of hydrogen-bond donors (Lipinski definition) is 0. The predicted molar refractivity (Wildman–Crippen MR) is 57.2 cm³/mol. The third kappa shape index (κ3) is 1.93. The van der Waals surface area contributed by atoms with Crippen molar-refractivity contribution in [2.45, 2.75) is 0 Å². The normalized spacial score (nSPS) is 10.6. The zero-order chi connectivity index (χ0) is 12.6. The minimum absolute atomic E-state index is 0.0297. The van der Waals surface area contributed by atoms with Crippen LogP contribution in [-0.4, -0.2) is 4.98 Å². The van der Waals surface area contributed by atoms with Crippen molar-refractivity contribution in [3.63, 3.8) is 0 Å². The molecule has 0 radical (unpaired) electrons. The summed E-state index contributed by atoms with van der Waals surface area (Å²) in [5.41, 5.74) is -0.619. The van der Waals surface area contributed by atoms with E-state index in [1.54, 1.807) is 0 Å². The van der Waals surface area contributed by atoms with Gasteiger partial charge in [0.15, 0.2) is 23.3 Å². The fourth-order valence-electron chi connectivity index (χ4n) is 1.37. The van der Waals surface area contributed by atoms with E-state index in [2.05, 4.69) is 20.9 Å². The molecule has 0 aliphatic rings. The van der Waals surface area contributed by atoms with Gasteiger partial charge in [0.1, 0.15) is 0 Å². The first-order valence-electron chi connectivity index (χ1n) is 4.46. The summed E-state index contributed by atoms with van der Waals surface area (Å²) in [6, 6.07) is 2.78. The molecule has 0 unspecified atom stereocenters. The molecule has 1 aromatic carbocycles. The molecular formula is C11H4BrF4N. The van der Waals surface area contributed by atoms with Crippen molar-refractivity contribution in [1.29, 1.82) is 0 Å². The van der Waals surface area contributed by atoms with Crippen LogP contribution in [0.2, 0.25) is 0 Å². The van der Waals surface area contributed by atoms with Gasteiger partial charge in [0.05, 0.1) is 10.0 Å². The molecule has 0 aliphatic heterocycles. The molecule has 1 aromatic heterocycles. The Kier molecular flexibility index (Phi) is 3.15. The first-order valence-corrected chi connectivity index (χ1v) is 5.25. The summed E-state index contributed by atoms with van der Waals surface area (Å²) in [6.45, 7) is 0. The number of aromatic nitrogens is 1. The van der Waals surface area contributed by atoms with E-state index >= 15 is 0 Å². The van der Waals surface area contributed by atoms with Gasteiger partial charge in [-0.15, -0.1) is 0 Å². The highest BCUT2D eigenvalue weighted by molar-refractivity contribution is 9.10. The molecule has 17 heavy (non-hydrogen) atoms. The van der Waals surface area contributed by atoms with Gasteiger partial charge in [-0.25, -0.2) is 17.6 Å². The van der Waals surface area contributed by atoms with Crippen molar-refractivity contribution >= 4 is 15.9 Å². The Morgan fingerprint density at radius 2 is 1.65 bits per heavy atom.